The van der Waals surface area contributed by atoms with Gasteiger partial charge >= 0.3 is 0 Å². The van der Waals surface area contributed by atoms with Crippen LogP contribution >= 0.6 is 27.7 Å². The molecule has 0 bridgehead atoms. The Morgan fingerprint density at radius 2 is 1.78 bits per heavy atom. The van der Waals surface area contributed by atoms with E-state index in [1.54, 1.807) is 11.8 Å². The van der Waals surface area contributed by atoms with Gasteiger partial charge in [0.05, 0.1) is 0 Å². The lowest BCUT2D eigenvalue weighted by Gasteiger charge is -2.13. The Balaban J connectivity index is 1.85. The van der Waals surface area contributed by atoms with Gasteiger partial charge in [-0.2, -0.15) is 0 Å². The zero-order chi connectivity index (χ0) is 16.8. The molecule has 3 nitrogen and oxygen atoms in total. The van der Waals surface area contributed by atoms with E-state index in [1.807, 2.05) is 44.4 Å². The summed E-state index contributed by atoms with van der Waals surface area (Å²) in [5.41, 5.74) is 3.10. The lowest BCUT2D eigenvalue weighted by Crippen LogP contribution is -2.28. The third-order valence-electron chi connectivity index (χ3n) is 3.42. The highest BCUT2D eigenvalue weighted by Crippen LogP contribution is 2.27. The van der Waals surface area contributed by atoms with Crippen molar-refractivity contribution in [3.8, 4) is 5.75 Å². The lowest BCUT2D eigenvalue weighted by molar-refractivity contribution is -0.123. The van der Waals surface area contributed by atoms with Gasteiger partial charge in [0.25, 0.3) is 5.91 Å². The van der Waals surface area contributed by atoms with Crippen LogP contribution in [0.4, 0.5) is 0 Å². The molecule has 0 atom stereocenters. The van der Waals surface area contributed by atoms with Crippen LogP contribution in [-0.4, -0.2) is 18.8 Å². The molecule has 0 aliphatic carbocycles. The number of amides is 1. The number of hydrogen-bond acceptors (Lipinski definition) is 3. The molecule has 2 aromatic carbocycles. The minimum Gasteiger partial charge on any atom is -0.483 e. The average molecular weight is 394 g/mol. The molecule has 2 aromatic rings. The average Bonchev–Trinajstić information content (AvgIpc) is 2.52. The molecule has 2 rings (SSSR count). The van der Waals surface area contributed by atoms with E-state index in [-0.39, 0.29) is 12.5 Å². The smallest absolute Gasteiger partial charge is 0.258 e. The molecule has 0 heterocycles. The zero-order valence-corrected chi connectivity index (χ0v) is 15.9. The Hall–Kier alpha value is -1.46. The molecule has 0 saturated heterocycles. The lowest BCUT2D eigenvalue weighted by atomic mass is 10.1. The summed E-state index contributed by atoms with van der Waals surface area (Å²) in [6.45, 7) is 4.47. The first-order chi connectivity index (χ1) is 11.0. The normalized spacial score (nSPS) is 10.4. The summed E-state index contributed by atoms with van der Waals surface area (Å²) in [7, 11) is 0. The number of benzene rings is 2. The largest absolute Gasteiger partial charge is 0.483 e. The number of halogens is 1. The van der Waals surface area contributed by atoms with E-state index in [0.29, 0.717) is 6.54 Å². The molecule has 0 aliphatic rings. The maximum absolute atomic E-state index is 12.0. The second kappa shape index (κ2) is 8.41. The molecule has 122 valence electrons. The fraction of sp³-hybridized carbons (Fsp3) is 0.278. The molecular formula is C18H20BrNO2S. The fourth-order valence-electron chi connectivity index (χ4n) is 2.26. The van der Waals surface area contributed by atoms with Gasteiger partial charge in [-0.3, -0.25) is 4.79 Å². The number of carbonyl (C=O) groups is 1. The summed E-state index contributed by atoms with van der Waals surface area (Å²) in [5.74, 6) is 0.647. The van der Waals surface area contributed by atoms with Crippen LogP contribution in [0.2, 0.25) is 0 Å². The minimum atomic E-state index is -0.124. The van der Waals surface area contributed by atoms with Gasteiger partial charge in [-0.15, -0.1) is 11.8 Å². The van der Waals surface area contributed by atoms with Crippen molar-refractivity contribution in [3.05, 3.63) is 57.6 Å². The van der Waals surface area contributed by atoms with E-state index in [2.05, 4.69) is 33.4 Å². The van der Waals surface area contributed by atoms with Crippen molar-refractivity contribution in [2.45, 2.75) is 25.3 Å². The van der Waals surface area contributed by atoms with Gasteiger partial charge in [0, 0.05) is 15.9 Å². The molecule has 5 heteroatoms. The Kier molecular flexibility index (Phi) is 6.54. The van der Waals surface area contributed by atoms with Crippen molar-refractivity contribution in [2.75, 3.05) is 12.9 Å². The van der Waals surface area contributed by atoms with Crippen molar-refractivity contribution < 1.29 is 9.53 Å². The van der Waals surface area contributed by atoms with E-state index in [4.69, 9.17) is 4.74 Å². The van der Waals surface area contributed by atoms with Crippen molar-refractivity contribution in [1.82, 2.24) is 5.32 Å². The number of hydrogen-bond donors (Lipinski definition) is 1. The number of aryl methyl sites for hydroxylation is 2. The molecule has 0 aromatic heterocycles. The predicted octanol–water partition coefficient (Wildman–Crippen LogP) is 4.48. The number of nitrogens with one attached hydrogen (secondary N) is 1. The Morgan fingerprint density at radius 3 is 2.35 bits per heavy atom. The standard InChI is InChI=1S/C18H20BrNO2S/c1-12-8-15(19)9-13(2)18(12)22-11-17(21)20-10-14-4-6-16(23-3)7-5-14/h4-9H,10-11H2,1-3H3,(H,20,21). The molecule has 1 N–H and O–H groups in total. The molecule has 0 unspecified atom stereocenters. The summed E-state index contributed by atoms with van der Waals surface area (Å²) in [6, 6.07) is 12.1. The first-order valence-corrected chi connectivity index (χ1v) is 9.30. The number of thioether (sulfide) groups is 1. The van der Waals surface area contributed by atoms with Gasteiger partial charge in [-0.1, -0.05) is 28.1 Å². The zero-order valence-electron chi connectivity index (χ0n) is 13.5. The van der Waals surface area contributed by atoms with Crippen LogP contribution < -0.4 is 10.1 Å². The quantitative estimate of drug-likeness (QED) is 0.734. The predicted molar refractivity (Wildman–Crippen MR) is 99.2 cm³/mol. The number of rotatable bonds is 6. The second-order valence-corrected chi connectivity index (χ2v) is 7.08. The summed E-state index contributed by atoms with van der Waals surface area (Å²) >= 11 is 5.15. The van der Waals surface area contributed by atoms with Crippen LogP contribution in [0, 0.1) is 13.8 Å². The van der Waals surface area contributed by atoms with Crippen LogP contribution in [0.3, 0.4) is 0 Å². The Bertz CT molecular complexity index is 663. The summed E-state index contributed by atoms with van der Waals surface area (Å²) in [6.07, 6.45) is 2.04. The van der Waals surface area contributed by atoms with Crippen molar-refractivity contribution in [1.29, 1.82) is 0 Å². The number of ether oxygens (including phenoxy) is 1. The molecular weight excluding hydrogens is 374 g/mol. The van der Waals surface area contributed by atoms with Crippen LogP contribution in [0.25, 0.3) is 0 Å². The first-order valence-electron chi connectivity index (χ1n) is 7.29. The Labute approximate surface area is 149 Å². The molecule has 0 aliphatic heterocycles. The van der Waals surface area contributed by atoms with E-state index in [9.17, 15) is 4.79 Å². The van der Waals surface area contributed by atoms with Gasteiger partial charge in [-0.25, -0.2) is 0 Å². The van der Waals surface area contributed by atoms with Gasteiger partial charge < -0.3 is 10.1 Å². The third-order valence-corrected chi connectivity index (χ3v) is 4.62. The summed E-state index contributed by atoms with van der Waals surface area (Å²) in [5, 5.41) is 2.88. The summed E-state index contributed by atoms with van der Waals surface area (Å²) < 4.78 is 6.69. The molecule has 0 fully saturated rings. The maximum Gasteiger partial charge on any atom is 0.258 e. The van der Waals surface area contributed by atoms with Gasteiger partial charge in [0.2, 0.25) is 0 Å². The van der Waals surface area contributed by atoms with Crippen LogP contribution in [0.1, 0.15) is 16.7 Å². The monoisotopic (exact) mass is 393 g/mol. The highest BCUT2D eigenvalue weighted by molar-refractivity contribution is 9.10. The van der Waals surface area contributed by atoms with Gasteiger partial charge in [0.1, 0.15) is 5.75 Å². The first kappa shape index (κ1) is 17.9. The topological polar surface area (TPSA) is 38.3 Å². The molecule has 0 spiro atoms. The highest BCUT2D eigenvalue weighted by Gasteiger charge is 2.08. The van der Waals surface area contributed by atoms with Gasteiger partial charge in [0.15, 0.2) is 6.61 Å². The minimum absolute atomic E-state index is 0.0200. The van der Waals surface area contributed by atoms with Crippen LogP contribution in [0.5, 0.6) is 5.75 Å². The number of carbonyl (C=O) groups excluding carboxylic acids is 1. The fourth-order valence-corrected chi connectivity index (χ4v) is 3.35. The Morgan fingerprint density at radius 1 is 1.17 bits per heavy atom. The molecule has 0 saturated carbocycles. The van der Waals surface area contributed by atoms with E-state index in [1.165, 1.54) is 4.90 Å². The molecule has 1 amide bonds. The SMILES string of the molecule is CSc1ccc(CNC(=O)COc2c(C)cc(Br)cc2C)cc1. The van der Waals surface area contributed by atoms with E-state index < -0.39 is 0 Å². The second-order valence-electron chi connectivity index (χ2n) is 5.28. The van der Waals surface area contributed by atoms with Crippen molar-refractivity contribution in [2.24, 2.45) is 0 Å². The van der Waals surface area contributed by atoms with Crippen LogP contribution in [-0.2, 0) is 11.3 Å². The van der Waals surface area contributed by atoms with E-state index in [0.717, 1.165) is 26.9 Å². The summed E-state index contributed by atoms with van der Waals surface area (Å²) in [4.78, 5) is 13.2. The van der Waals surface area contributed by atoms with Crippen LogP contribution in [0.15, 0.2) is 45.8 Å². The van der Waals surface area contributed by atoms with E-state index >= 15 is 0 Å². The maximum atomic E-state index is 12.0. The van der Waals surface area contributed by atoms with Crippen molar-refractivity contribution >= 4 is 33.6 Å². The highest BCUT2D eigenvalue weighted by atomic mass is 79.9. The van der Waals surface area contributed by atoms with Crippen molar-refractivity contribution in [3.63, 3.8) is 0 Å². The molecule has 0 radical (unpaired) electrons. The molecule has 23 heavy (non-hydrogen) atoms. The van der Waals surface area contributed by atoms with Gasteiger partial charge in [-0.05, 0) is 61.1 Å². The third kappa shape index (κ3) is 5.29.